The highest BCUT2D eigenvalue weighted by Crippen LogP contribution is 2.64. The quantitative estimate of drug-likeness (QED) is 0.775. The average Bonchev–Trinajstić information content (AvgIpc) is 2.70. The third kappa shape index (κ3) is 2.33. The number of halogens is 2. The fourth-order valence-electron chi connectivity index (χ4n) is 1.90. The van der Waals surface area contributed by atoms with Crippen molar-refractivity contribution < 1.29 is 4.79 Å². The van der Waals surface area contributed by atoms with Gasteiger partial charge in [-0.05, 0) is 31.7 Å². The van der Waals surface area contributed by atoms with Gasteiger partial charge in [-0.1, -0.05) is 6.07 Å². The zero-order valence-electron chi connectivity index (χ0n) is 9.87. The third-order valence-electron chi connectivity index (χ3n) is 3.33. The number of carbonyl (C=O) groups is 1. The largest absolute Gasteiger partial charge is 0.337 e. The molecule has 94 valence electrons. The van der Waals surface area contributed by atoms with E-state index >= 15 is 0 Å². The molecule has 1 saturated carbocycles. The van der Waals surface area contributed by atoms with E-state index in [-0.39, 0.29) is 5.91 Å². The van der Waals surface area contributed by atoms with Crippen molar-refractivity contribution in [2.75, 3.05) is 6.54 Å². The van der Waals surface area contributed by atoms with Gasteiger partial charge >= 0.3 is 0 Å². The molecule has 5 heteroatoms. The van der Waals surface area contributed by atoms with Crippen molar-refractivity contribution in [3.05, 3.63) is 22.4 Å². The minimum atomic E-state index is -0.882. The van der Waals surface area contributed by atoms with E-state index in [0.717, 1.165) is 0 Å². The van der Waals surface area contributed by atoms with Gasteiger partial charge in [0, 0.05) is 11.4 Å². The summed E-state index contributed by atoms with van der Waals surface area (Å²) in [5, 5.41) is 2.01. The minimum Gasteiger partial charge on any atom is -0.337 e. The molecule has 1 heterocycles. The lowest BCUT2D eigenvalue weighted by molar-refractivity contribution is -0.136. The van der Waals surface area contributed by atoms with E-state index < -0.39 is 9.75 Å². The Morgan fingerprint density at radius 2 is 2.24 bits per heavy atom. The summed E-state index contributed by atoms with van der Waals surface area (Å²) in [5.41, 5.74) is -0.608. The molecule has 1 unspecified atom stereocenters. The fourth-order valence-corrected chi connectivity index (χ4v) is 3.31. The van der Waals surface area contributed by atoms with Crippen LogP contribution in [0.15, 0.2) is 17.5 Å². The Hall–Kier alpha value is -0.250. The van der Waals surface area contributed by atoms with Crippen molar-refractivity contribution in [2.24, 2.45) is 5.41 Å². The summed E-state index contributed by atoms with van der Waals surface area (Å²) in [6, 6.07) is 4.02. The Morgan fingerprint density at radius 1 is 1.59 bits per heavy atom. The summed E-state index contributed by atoms with van der Waals surface area (Å²) in [7, 11) is 0. The molecule has 2 rings (SSSR count). The van der Waals surface area contributed by atoms with Crippen LogP contribution in [0.1, 0.15) is 25.1 Å². The highest BCUT2D eigenvalue weighted by atomic mass is 35.5. The van der Waals surface area contributed by atoms with E-state index in [0.29, 0.717) is 19.5 Å². The molecule has 1 aromatic rings. The van der Waals surface area contributed by atoms with E-state index in [1.807, 2.05) is 36.3 Å². The van der Waals surface area contributed by atoms with Crippen LogP contribution in [0.4, 0.5) is 0 Å². The van der Waals surface area contributed by atoms with Crippen molar-refractivity contribution >= 4 is 40.4 Å². The average molecular weight is 292 g/mol. The maximum atomic E-state index is 12.4. The molecular weight excluding hydrogens is 277 g/mol. The maximum absolute atomic E-state index is 12.4. The van der Waals surface area contributed by atoms with Crippen molar-refractivity contribution in [3.8, 4) is 0 Å². The SMILES string of the molecule is CCN(Cc1cccs1)C(=O)C1(C)CC1(Cl)Cl. The molecule has 1 fully saturated rings. The van der Waals surface area contributed by atoms with E-state index in [9.17, 15) is 4.79 Å². The fraction of sp³-hybridized carbons (Fsp3) is 0.583. The summed E-state index contributed by atoms with van der Waals surface area (Å²) in [6.45, 7) is 5.14. The lowest BCUT2D eigenvalue weighted by Crippen LogP contribution is -2.37. The molecule has 0 N–H and O–H groups in total. The summed E-state index contributed by atoms with van der Waals surface area (Å²) in [5.74, 6) is 0.0541. The van der Waals surface area contributed by atoms with E-state index in [4.69, 9.17) is 23.2 Å². The lowest BCUT2D eigenvalue weighted by atomic mass is 10.1. The Balaban J connectivity index is 2.07. The van der Waals surface area contributed by atoms with Gasteiger partial charge in [0.1, 0.15) is 4.33 Å². The van der Waals surface area contributed by atoms with Gasteiger partial charge in [0.25, 0.3) is 0 Å². The molecule has 0 aromatic carbocycles. The van der Waals surface area contributed by atoms with Crippen molar-refractivity contribution in [1.82, 2.24) is 4.90 Å². The van der Waals surface area contributed by atoms with Gasteiger partial charge < -0.3 is 4.90 Å². The first-order valence-corrected chi connectivity index (χ1v) is 7.24. The predicted octanol–water partition coefficient (Wildman–Crippen LogP) is 3.68. The topological polar surface area (TPSA) is 20.3 Å². The number of alkyl halides is 2. The molecule has 0 spiro atoms. The van der Waals surface area contributed by atoms with Crippen LogP contribution in [-0.2, 0) is 11.3 Å². The number of hydrogen-bond donors (Lipinski definition) is 0. The summed E-state index contributed by atoms with van der Waals surface area (Å²) in [4.78, 5) is 15.4. The Morgan fingerprint density at radius 3 is 2.65 bits per heavy atom. The molecule has 1 aliphatic rings. The second kappa shape index (κ2) is 4.45. The van der Waals surface area contributed by atoms with Crippen molar-refractivity contribution in [3.63, 3.8) is 0 Å². The Bertz CT molecular complexity index is 418. The number of amides is 1. The molecule has 1 aromatic heterocycles. The molecule has 1 aliphatic carbocycles. The lowest BCUT2D eigenvalue weighted by Gasteiger charge is -2.24. The third-order valence-corrected chi connectivity index (χ3v) is 5.29. The predicted molar refractivity (Wildman–Crippen MR) is 72.6 cm³/mol. The molecule has 0 aliphatic heterocycles. The molecule has 0 saturated heterocycles. The smallest absolute Gasteiger partial charge is 0.231 e. The van der Waals surface area contributed by atoms with Crippen LogP contribution in [0.3, 0.4) is 0 Å². The van der Waals surface area contributed by atoms with Gasteiger partial charge in [-0.25, -0.2) is 0 Å². The van der Waals surface area contributed by atoms with Gasteiger partial charge in [-0.15, -0.1) is 34.5 Å². The van der Waals surface area contributed by atoms with E-state index in [2.05, 4.69) is 0 Å². The molecule has 0 bridgehead atoms. The Kier molecular flexibility index (Phi) is 3.45. The van der Waals surface area contributed by atoms with Crippen LogP contribution >= 0.6 is 34.5 Å². The van der Waals surface area contributed by atoms with Crippen molar-refractivity contribution in [1.29, 1.82) is 0 Å². The van der Waals surface area contributed by atoms with Crippen LogP contribution in [0.25, 0.3) is 0 Å². The highest BCUT2D eigenvalue weighted by Gasteiger charge is 2.68. The maximum Gasteiger partial charge on any atom is 0.231 e. The van der Waals surface area contributed by atoms with Crippen molar-refractivity contribution in [2.45, 2.75) is 31.1 Å². The Labute approximate surface area is 116 Å². The van der Waals surface area contributed by atoms with E-state index in [1.54, 1.807) is 11.3 Å². The molecule has 1 atom stereocenters. The first-order valence-electron chi connectivity index (χ1n) is 5.60. The molecule has 1 amide bonds. The van der Waals surface area contributed by atoms with E-state index in [1.165, 1.54) is 4.88 Å². The summed E-state index contributed by atoms with van der Waals surface area (Å²) in [6.07, 6.45) is 0.545. The van der Waals surface area contributed by atoms with Gasteiger partial charge in [0.15, 0.2) is 0 Å². The van der Waals surface area contributed by atoms with Gasteiger partial charge in [0.2, 0.25) is 5.91 Å². The normalized spacial score (nSPS) is 25.6. The van der Waals surface area contributed by atoms with Crippen LogP contribution < -0.4 is 0 Å². The van der Waals surface area contributed by atoms with Crippen LogP contribution in [0, 0.1) is 5.41 Å². The first-order chi connectivity index (χ1) is 7.90. The summed E-state index contributed by atoms with van der Waals surface area (Å²) >= 11 is 13.7. The number of thiophene rings is 1. The summed E-state index contributed by atoms with van der Waals surface area (Å²) < 4.78 is -0.882. The van der Waals surface area contributed by atoms with Crippen LogP contribution in [0.2, 0.25) is 0 Å². The first kappa shape index (κ1) is 13.2. The van der Waals surface area contributed by atoms with Gasteiger partial charge in [0.05, 0.1) is 12.0 Å². The molecule has 17 heavy (non-hydrogen) atoms. The van der Waals surface area contributed by atoms with Gasteiger partial charge in [-0.2, -0.15) is 0 Å². The number of hydrogen-bond acceptors (Lipinski definition) is 2. The number of rotatable bonds is 4. The van der Waals surface area contributed by atoms with Crippen LogP contribution in [0.5, 0.6) is 0 Å². The standard InChI is InChI=1S/C12H15Cl2NOS/c1-3-15(7-9-5-4-6-17-9)10(16)11(2)8-12(11,13)14/h4-6H,3,7-8H2,1-2H3. The minimum absolute atomic E-state index is 0.0541. The van der Waals surface area contributed by atoms with Gasteiger partial charge in [-0.3, -0.25) is 4.79 Å². The second-order valence-electron chi connectivity index (χ2n) is 4.61. The van der Waals surface area contributed by atoms with Crippen LogP contribution in [-0.4, -0.2) is 21.7 Å². The number of carbonyl (C=O) groups excluding carboxylic acids is 1. The zero-order chi connectivity index (χ0) is 12.7. The molecular formula is C12H15Cl2NOS. The number of nitrogens with zero attached hydrogens (tertiary/aromatic N) is 1. The highest BCUT2D eigenvalue weighted by molar-refractivity contribution is 7.09. The monoisotopic (exact) mass is 291 g/mol. The second-order valence-corrected chi connectivity index (χ2v) is 7.13. The molecule has 2 nitrogen and oxygen atoms in total. The zero-order valence-corrected chi connectivity index (χ0v) is 12.2. The molecule has 0 radical (unpaired) electrons.